The highest BCUT2D eigenvalue weighted by Crippen LogP contribution is 2.28. The van der Waals surface area contributed by atoms with Crippen molar-refractivity contribution < 1.29 is 23.1 Å². The van der Waals surface area contributed by atoms with Gasteiger partial charge in [0.25, 0.3) is 11.8 Å². The number of carbonyl (C=O) groups is 2. The molecule has 2 atom stereocenters. The van der Waals surface area contributed by atoms with Crippen LogP contribution >= 0.6 is 0 Å². The summed E-state index contributed by atoms with van der Waals surface area (Å²) in [5.41, 5.74) is 1.69. The smallest absolute Gasteiger partial charge is 0.263 e. The molecule has 2 N–H and O–H groups in total. The van der Waals surface area contributed by atoms with Crippen molar-refractivity contribution in [2.24, 2.45) is 0 Å². The molecule has 0 bridgehead atoms. The highest BCUT2D eigenvalue weighted by atomic mass is 32.3. The van der Waals surface area contributed by atoms with E-state index in [-0.39, 0.29) is 17.2 Å². The fraction of sp³-hybridized carbons (Fsp3) is 0.235. The van der Waals surface area contributed by atoms with Gasteiger partial charge in [-0.15, -0.1) is 0 Å². The number of amides is 2. The van der Waals surface area contributed by atoms with Gasteiger partial charge in [-0.1, -0.05) is 22.4 Å². The number of rotatable bonds is 5. The third-order valence-corrected chi connectivity index (χ3v) is 5.37. The second-order valence-electron chi connectivity index (χ2n) is 5.84. The normalized spacial score (nSPS) is 17.8. The first-order valence-electron chi connectivity index (χ1n) is 7.78. The van der Waals surface area contributed by atoms with Crippen LogP contribution in [0.2, 0.25) is 0 Å². The number of ether oxygens (including phenoxy) is 1. The molecule has 1 aliphatic heterocycles. The van der Waals surface area contributed by atoms with Crippen LogP contribution in [0, 0.1) is 6.92 Å². The van der Waals surface area contributed by atoms with Crippen LogP contribution in [0.5, 0.6) is 5.88 Å². The molecule has 0 saturated carbocycles. The van der Waals surface area contributed by atoms with Crippen molar-refractivity contribution in [1.82, 2.24) is 15.0 Å². The summed E-state index contributed by atoms with van der Waals surface area (Å²) in [6.45, 7) is 1.65. The Morgan fingerprint density at radius 2 is 2.15 bits per heavy atom. The highest BCUT2D eigenvalue weighted by molar-refractivity contribution is 7.96. The first kappa shape index (κ1) is 18.0. The quantitative estimate of drug-likeness (QED) is 0.760. The van der Waals surface area contributed by atoms with E-state index in [0.29, 0.717) is 22.6 Å². The summed E-state index contributed by atoms with van der Waals surface area (Å²) in [6.07, 6.45) is 0.929. The number of methoxy groups -OCH3 is 1. The van der Waals surface area contributed by atoms with Gasteiger partial charge >= 0.3 is 0 Å². The minimum Gasteiger partial charge on any atom is -0.588 e. The number of fused-ring (bicyclic) bond motifs is 1. The Morgan fingerprint density at radius 1 is 1.42 bits per heavy atom. The number of nitrogens with zero attached hydrogens (tertiary/aromatic N) is 1. The fourth-order valence-electron chi connectivity index (χ4n) is 2.82. The number of hydrogen-bond donors (Lipinski definition) is 2. The molecule has 2 aromatic rings. The van der Waals surface area contributed by atoms with Crippen LogP contribution in [0.3, 0.4) is 0 Å². The zero-order valence-electron chi connectivity index (χ0n) is 14.1. The van der Waals surface area contributed by atoms with E-state index < -0.39 is 22.3 Å². The zero-order valence-corrected chi connectivity index (χ0v) is 15.0. The maximum atomic E-state index is 12.4. The Kier molecular flexibility index (Phi) is 4.75. The first-order chi connectivity index (χ1) is 12.3. The lowest BCUT2D eigenvalue weighted by molar-refractivity contribution is -0.119. The minimum absolute atomic E-state index is 0.139. The van der Waals surface area contributed by atoms with Gasteiger partial charge in [0.2, 0.25) is 5.88 Å². The predicted octanol–water partition coefficient (Wildman–Crippen LogP) is 1.29. The van der Waals surface area contributed by atoms with E-state index >= 15 is 0 Å². The highest BCUT2D eigenvalue weighted by Gasteiger charge is 2.32. The average Bonchev–Trinajstić information content (AvgIpc) is 2.90. The fourth-order valence-corrected chi connectivity index (χ4v) is 3.84. The lowest BCUT2D eigenvalue weighted by Gasteiger charge is -2.17. The third kappa shape index (κ3) is 3.44. The molecular formula is C17H17N3O5S. The van der Waals surface area contributed by atoms with Gasteiger partial charge in [0.15, 0.2) is 15.3 Å². The van der Waals surface area contributed by atoms with E-state index in [0.717, 1.165) is 6.20 Å². The van der Waals surface area contributed by atoms with Crippen molar-refractivity contribution in [2.45, 2.75) is 24.3 Å². The van der Waals surface area contributed by atoms with Gasteiger partial charge in [-0.3, -0.25) is 9.59 Å². The summed E-state index contributed by atoms with van der Waals surface area (Å²) in [6, 6.07) is 7.68. The van der Waals surface area contributed by atoms with Crippen LogP contribution in [0.25, 0.3) is 0 Å². The molecule has 2 unspecified atom stereocenters. The molecule has 2 amide bonds. The van der Waals surface area contributed by atoms with E-state index in [4.69, 9.17) is 4.74 Å². The molecule has 0 radical (unpaired) electrons. The topological polar surface area (TPSA) is 120 Å². The van der Waals surface area contributed by atoms with Crippen LogP contribution in [0.15, 0.2) is 41.4 Å². The van der Waals surface area contributed by atoms with Gasteiger partial charge in [-0.05, 0) is 18.6 Å². The van der Waals surface area contributed by atoms with Crippen LogP contribution < -0.4 is 14.8 Å². The molecule has 0 spiro atoms. The number of carbonyl (C=O) groups excluding carboxylic acids is 2. The van der Waals surface area contributed by atoms with E-state index in [2.05, 4.69) is 10.3 Å². The van der Waals surface area contributed by atoms with Gasteiger partial charge in [-0.25, -0.2) is 4.98 Å². The molecule has 26 heavy (non-hydrogen) atoms. The molecule has 8 nitrogen and oxygen atoms in total. The Morgan fingerprint density at radius 3 is 2.85 bits per heavy atom. The SMILES string of the molecule is COc1ncc([S+](=O)([O-])NC(=O)CC2NC(=O)c3ccccc32)cc1C. The standard InChI is InChI=1S/C17H17N3O5S/c1-10-7-11(9-18-17(10)25-2)26(23,24)20-15(21)8-14-12-5-3-4-6-13(12)16(22)19-14/h3-7,9,14H,8H2,1-2H3,(H2-,19,20,21,22,23,24). The van der Waals surface area contributed by atoms with E-state index in [1.165, 1.54) is 13.2 Å². The van der Waals surface area contributed by atoms with Gasteiger partial charge in [0.1, 0.15) is 0 Å². The molecular weight excluding hydrogens is 358 g/mol. The van der Waals surface area contributed by atoms with Crippen LogP contribution in [-0.2, 0) is 19.4 Å². The molecule has 1 aliphatic rings. The van der Waals surface area contributed by atoms with Crippen molar-refractivity contribution >= 4 is 22.2 Å². The number of hydrogen-bond acceptors (Lipinski definition) is 6. The molecule has 0 saturated heterocycles. The molecule has 1 aromatic carbocycles. The van der Waals surface area contributed by atoms with Crippen molar-refractivity contribution in [3.05, 3.63) is 53.2 Å². The molecule has 9 heteroatoms. The summed E-state index contributed by atoms with van der Waals surface area (Å²) in [7, 11) is -2.64. The summed E-state index contributed by atoms with van der Waals surface area (Å²) < 4.78 is 31.8. The van der Waals surface area contributed by atoms with E-state index in [1.54, 1.807) is 31.2 Å². The average molecular weight is 375 g/mol. The number of benzene rings is 1. The largest absolute Gasteiger partial charge is 0.588 e. The molecule has 1 aromatic heterocycles. The van der Waals surface area contributed by atoms with Gasteiger partial charge in [0.05, 0.1) is 25.8 Å². The zero-order chi connectivity index (χ0) is 18.9. The van der Waals surface area contributed by atoms with Gasteiger partial charge in [-0.2, -0.15) is 4.72 Å². The lowest BCUT2D eigenvalue weighted by atomic mass is 10.0. The third-order valence-electron chi connectivity index (χ3n) is 4.03. The second kappa shape index (κ2) is 6.85. The van der Waals surface area contributed by atoms with E-state index in [1.807, 2.05) is 4.72 Å². The molecule has 136 valence electrons. The molecule has 3 rings (SSSR count). The van der Waals surface area contributed by atoms with Gasteiger partial charge < -0.3 is 14.6 Å². The minimum atomic E-state index is -4.07. The molecule has 0 fully saturated rings. The van der Waals surface area contributed by atoms with Crippen molar-refractivity contribution in [3.63, 3.8) is 0 Å². The van der Waals surface area contributed by atoms with Gasteiger partial charge in [0, 0.05) is 17.2 Å². The van der Waals surface area contributed by atoms with Crippen LogP contribution in [0.1, 0.15) is 33.9 Å². The summed E-state index contributed by atoms with van der Waals surface area (Å²) in [4.78, 5) is 27.9. The first-order valence-corrected chi connectivity index (χ1v) is 9.26. The Labute approximate surface area is 151 Å². The number of sulfonamides is 1. The maximum absolute atomic E-state index is 12.4. The van der Waals surface area contributed by atoms with Crippen LogP contribution in [-0.4, -0.2) is 28.5 Å². The van der Waals surface area contributed by atoms with Crippen molar-refractivity contribution in [3.8, 4) is 5.88 Å². The number of nitrogens with one attached hydrogen (secondary N) is 2. The number of pyridine rings is 1. The maximum Gasteiger partial charge on any atom is 0.263 e. The van der Waals surface area contributed by atoms with E-state index in [9.17, 15) is 18.4 Å². The Hall–Kier alpha value is -2.78. The Bertz CT molecular complexity index is 930. The van der Waals surface area contributed by atoms with Crippen molar-refractivity contribution in [1.29, 1.82) is 0 Å². The molecule has 0 aliphatic carbocycles. The summed E-state index contributed by atoms with van der Waals surface area (Å²) in [5, 5.41) is 2.68. The Balaban J connectivity index is 1.73. The lowest BCUT2D eigenvalue weighted by Crippen LogP contribution is -2.37. The monoisotopic (exact) mass is 375 g/mol. The number of aryl methyl sites for hydroxylation is 1. The second-order valence-corrected chi connectivity index (χ2v) is 7.53. The predicted molar refractivity (Wildman–Crippen MR) is 92.0 cm³/mol. The number of aromatic nitrogens is 1. The van der Waals surface area contributed by atoms with Crippen molar-refractivity contribution in [2.75, 3.05) is 7.11 Å². The molecule has 2 heterocycles. The summed E-state index contributed by atoms with van der Waals surface area (Å²) in [5.74, 6) is -0.697. The summed E-state index contributed by atoms with van der Waals surface area (Å²) >= 11 is 0. The van der Waals surface area contributed by atoms with Crippen LogP contribution in [0.4, 0.5) is 0 Å².